The van der Waals surface area contributed by atoms with Gasteiger partial charge >= 0.3 is 0 Å². The molecule has 20 heavy (non-hydrogen) atoms. The van der Waals surface area contributed by atoms with Gasteiger partial charge in [0.2, 0.25) is 0 Å². The Morgan fingerprint density at radius 3 is 2.70 bits per heavy atom. The summed E-state index contributed by atoms with van der Waals surface area (Å²) in [5.41, 5.74) is 3.08. The van der Waals surface area contributed by atoms with E-state index in [1.165, 1.54) is 24.8 Å². The number of hydrogen-bond donors (Lipinski definition) is 0. The number of carbonyl (C=O) groups is 1. The number of fused-ring (bicyclic) bond motifs is 1. The number of allylic oxidation sites excluding steroid dienone is 1. The van der Waals surface area contributed by atoms with Gasteiger partial charge in [-0.15, -0.1) is 0 Å². The summed E-state index contributed by atoms with van der Waals surface area (Å²) in [4.78, 5) is 15.0. The summed E-state index contributed by atoms with van der Waals surface area (Å²) in [7, 11) is 0. The molecule has 1 aliphatic carbocycles. The van der Waals surface area contributed by atoms with E-state index in [0.29, 0.717) is 0 Å². The first-order valence-electron chi connectivity index (χ1n) is 7.82. The molecule has 0 aromatic heterocycles. The number of carbonyl (C=O) groups excluding carboxylic acids is 1. The quantitative estimate of drug-likeness (QED) is 0.837. The maximum atomic E-state index is 12.5. The number of Topliss-reactive ketones (excluding diaryl/α,β-unsaturated/α-hetero) is 1. The van der Waals surface area contributed by atoms with E-state index in [1.807, 2.05) is 18.2 Å². The molecule has 0 spiro atoms. The molecule has 1 fully saturated rings. The van der Waals surface area contributed by atoms with E-state index in [9.17, 15) is 4.79 Å². The van der Waals surface area contributed by atoms with E-state index < -0.39 is 0 Å². The van der Waals surface area contributed by atoms with Gasteiger partial charge in [-0.1, -0.05) is 43.7 Å². The third kappa shape index (κ3) is 2.71. The van der Waals surface area contributed by atoms with E-state index in [2.05, 4.69) is 24.0 Å². The van der Waals surface area contributed by atoms with Crippen molar-refractivity contribution in [2.75, 3.05) is 19.6 Å². The van der Waals surface area contributed by atoms with Gasteiger partial charge in [0.1, 0.15) is 0 Å². The molecule has 1 heterocycles. The molecular formula is C18H23NO. The van der Waals surface area contributed by atoms with Gasteiger partial charge in [-0.3, -0.25) is 9.69 Å². The van der Waals surface area contributed by atoms with Crippen LogP contribution in [0.1, 0.15) is 42.1 Å². The van der Waals surface area contributed by atoms with Crippen LogP contribution in [0, 0.1) is 5.92 Å². The molecule has 2 aliphatic rings. The van der Waals surface area contributed by atoms with E-state index in [4.69, 9.17) is 0 Å². The lowest BCUT2D eigenvalue weighted by Crippen LogP contribution is -2.36. The van der Waals surface area contributed by atoms with Crippen molar-refractivity contribution in [3.8, 4) is 0 Å². The topological polar surface area (TPSA) is 20.3 Å². The third-order valence-corrected chi connectivity index (χ3v) is 4.80. The molecule has 1 aromatic rings. The Hall–Kier alpha value is -1.41. The molecule has 0 saturated carbocycles. The molecule has 0 N–H and O–H groups in total. The van der Waals surface area contributed by atoms with Crippen molar-refractivity contribution in [1.29, 1.82) is 0 Å². The van der Waals surface area contributed by atoms with Gasteiger partial charge in [-0.25, -0.2) is 0 Å². The Kier molecular flexibility index (Phi) is 4.02. The lowest BCUT2D eigenvalue weighted by Gasteiger charge is -2.32. The number of hydrogen-bond acceptors (Lipinski definition) is 2. The van der Waals surface area contributed by atoms with Gasteiger partial charge in [0, 0.05) is 17.7 Å². The molecule has 2 nitrogen and oxygen atoms in total. The number of likely N-dealkylation sites (tertiary alicyclic amines) is 1. The molecule has 0 radical (unpaired) electrons. The third-order valence-electron chi connectivity index (χ3n) is 4.80. The van der Waals surface area contributed by atoms with E-state index in [-0.39, 0.29) is 5.78 Å². The molecule has 0 unspecified atom stereocenters. The van der Waals surface area contributed by atoms with Crippen molar-refractivity contribution in [3.63, 3.8) is 0 Å². The lowest BCUT2D eigenvalue weighted by atomic mass is 9.89. The molecule has 1 saturated heterocycles. The molecule has 0 bridgehead atoms. The summed E-state index contributed by atoms with van der Waals surface area (Å²) in [6, 6.07) is 8.01. The maximum Gasteiger partial charge on any atom is 0.190 e. The molecular weight excluding hydrogens is 246 g/mol. The molecule has 0 atom stereocenters. The Morgan fingerprint density at radius 2 is 1.95 bits per heavy atom. The van der Waals surface area contributed by atoms with E-state index >= 15 is 0 Å². The summed E-state index contributed by atoms with van der Waals surface area (Å²) in [5, 5.41) is 0. The van der Waals surface area contributed by atoms with Crippen LogP contribution in [-0.4, -0.2) is 30.3 Å². The van der Waals surface area contributed by atoms with Crippen molar-refractivity contribution >= 4 is 5.78 Å². The van der Waals surface area contributed by atoms with Crippen LogP contribution in [0.4, 0.5) is 0 Å². The van der Waals surface area contributed by atoms with Crippen molar-refractivity contribution in [2.24, 2.45) is 5.92 Å². The fourth-order valence-electron chi connectivity index (χ4n) is 3.35. The van der Waals surface area contributed by atoms with Crippen LogP contribution in [-0.2, 0) is 6.42 Å². The first-order valence-corrected chi connectivity index (χ1v) is 7.82. The molecule has 0 amide bonds. The van der Waals surface area contributed by atoms with Crippen LogP contribution in [0.3, 0.4) is 0 Å². The second-order valence-electron chi connectivity index (χ2n) is 6.05. The number of piperidine rings is 1. The number of benzene rings is 1. The first kappa shape index (κ1) is 13.6. The molecule has 106 valence electrons. The highest BCUT2D eigenvalue weighted by Crippen LogP contribution is 2.24. The average molecular weight is 269 g/mol. The highest BCUT2D eigenvalue weighted by atomic mass is 16.1. The largest absolute Gasteiger partial charge is 0.299 e. The normalized spacial score (nSPS) is 20.6. The fraction of sp³-hybridized carbons (Fsp3) is 0.500. The zero-order valence-electron chi connectivity index (χ0n) is 12.3. The van der Waals surface area contributed by atoms with Gasteiger partial charge in [0.05, 0.1) is 0 Å². The monoisotopic (exact) mass is 269 g/mol. The number of nitrogens with zero attached hydrogens (tertiary/aromatic N) is 1. The number of rotatable bonds is 3. The van der Waals surface area contributed by atoms with Crippen molar-refractivity contribution in [1.82, 2.24) is 4.90 Å². The van der Waals surface area contributed by atoms with Crippen LogP contribution >= 0.6 is 0 Å². The minimum absolute atomic E-state index is 0.240. The lowest BCUT2D eigenvalue weighted by molar-refractivity contribution is 0.101. The number of ketones is 1. The summed E-state index contributed by atoms with van der Waals surface area (Å²) >= 11 is 0. The van der Waals surface area contributed by atoms with Gasteiger partial charge in [-0.05, 0) is 43.8 Å². The SMILES string of the molecule is CCC1CCN(CC2=CCc3ccccc3C2=O)CC1. The Balaban J connectivity index is 1.65. The Labute approximate surface area is 121 Å². The summed E-state index contributed by atoms with van der Waals surface area (Å²) in [5.74, 6) is 1.13. The van der Waals surface area contributed by atoms with Gasteiger partial charge in [0.25, 0.3) is 0 Å². The van der Waals surface area contributed by atoms with Crippen molar-refractivity contribution < 1.29 is 4.79 Å². The van der Waals surface area contributed by atoms with Crippen molar-refractivity contribution in [2.45, 2.75) is 32.6 Å². The van der Waals surface area contributed by atoms with Crippen LogP contribution in [0.15, 0.2) is 35.9 Å². The molecule has 2 heteroatoms. The Morgan fingerprint density at radius 1 is 1.20 bits per heavy atom. The molecule has 1 aliphatic heterocycles. The minimum atomic E-state index is 0.240. The standard InChI is InChI=1S/C18H23NO/c1-2-14-9-11-19(12-10-14)13-16-8-7-15-5-3-4-6-17(15)18(16)20/h3-6,8,14H,2,7,9-13H2,1H3. The minimum Gasteiger partial charge on any atom is -0.299 e. The highest BCUT2D eigenvalue weighted by Gasteiger charge is 2.24. The zero-order valence-corrected chi connectivity index (χ0v) is 12.3. The maximum absolute atomic E-state index is 12.5. The van der Waals surface area contributed by atoms with Crippen molar-refractivity contribution in [3.05, 3.63) is 47.0 Å². The highest BCUT2D eigenvalue weighted by molar-refractivity contribution is 6.11. The summed E-state index contributed by atoms with van der Waals surface area (Å²) in [6.07, 6.45) is 6.91. The predicted molar refractivity (Wildman–Crippen MR) is 82.0 cm³/mol. The van der Waals surface area contributed by atoms with Gasteiger partial charge < -0.3 is 0 Å². The zero-order chi connectivity index (χ0) is 13.9. The predicted octanol–water partition coefficient (Wildman–Crippen LogP) is 3.47. The van der Waals surface area contributed by atoms with E-state index in [1.54, 1.807) is 0 Å². The van der Waals surface area contributed by atoms with Crippen LogP contribution in [0.5, 0.6) is 0 Å². The smallest absolute Gasteiger partial charge is 0.190 e. The second-order valence-corrected chi connectivity index (χ2v) is 6.05. The Bertz CT molecular complexity index is 524. The second kappa shape index (κ2) is 5.92. The van der Waals surface area contributed by atoms with E-state index in [0.717, 1.165) is 43.1 Å². The first-order chi connectivity index (χ1) is 9.78. The van der Waals surface area contributed by atoms with Gasteiger partial charge in [0.15, 0.2) is 5.78 Å². The fourth-order valence-corrected chi connectivity index (χ4v) is 3.35. The summed E-state index contributed by atoms with van der Waals surface area (Å²) in [6.45, 7) is 5.41. The summed E-state index contributed by atoms with van der Waals surface area (Å²) < 4.78 is 0. The van der Waals surface area contributed by atoms with Crippen LogP contribution in [0.25, 0.3) is 0 Å². The average Bonchev–Trinajstić information content (AvgIpc) is 2.51. The molecule has 1 aromatic carbocycles. The van der Waals surface area contributed by atoms with Gasteiger partial charge in [-0.2, -0.15) is 0 Å². The molecule has 3 rings (SSSR count). The van der Waals surface area contributed by atoms with Crippen LogP contribution < -0.4 is 0 Å². The van der Waals surface area contributed by atoms with Crippen LogP contribution in [0.2, 0.25) is 0 Å².